The van der Waals surface area contributed by atoms with Crippen LogP contribution in [0.4, 0.5) is 5.69 Å². The van der Waals surface area contributed by atoms with Crippen molar-refractivity contribution >= 4 is 50.7 Å². The van der Waals surface area contributed by atoms with Crippen molar-refractivity contribution in [1.29, 1.82) is 0 Å². The Balaban J connectivity index is 1.90. The number of nitrogens with one attached hydrogen (secondary N) is 1. The fourth-order valence-corrected chi connectivity index (χ4v) is 5.96. The molecule has 1 unspecified atom stereocenters. The van der Waals surface area contributed by atoms with Gasteiger partial charge in [-0.1, -0.05) is 91.1 Å². The fraction of sp³-hybridized carbons (Fsp3) is 0.375. The Hall–Kier alpha value is -3.07. The van der Waals surface area contributed by atoms with Gasteiger partial charge in [0, 0.05) is 42.5 Å². The number of sulfonamides is 1. The van der Waals surface area contributed by atoms with Crippen LogP contribution in [0.1, 0.15) is 43.4 Å². The normalized spacial score (nSPS) is 12.2. The Morgan fingerprint density at radius 3 is 2.21 bits per heavy atom. The number of nitrogens with zero attached hydrogens (tertiary/aromatic N) is 2. The molecule has 1 N–H and O–H groups in total. The molecule has 0 radical (unpaired) electrons. The first-order valence-electron chi connectivity index (χ1n) is 13.9. The molecule has 0 aliphatic heterocycles. The van der Waals surface area contributed by atoms with Crippen LogP contribution < -0.4 is 9.62 Å². The monoisotopic (exact) mass is 631 g/mol. The lowest BCUT2D eigenvalue weighted by Gasteiger charge is -2.32. The molecule has 0 aromatic heterocycles. The van der Waals surface area contributed by atoms with Crippen LogP contribution in [-0.2, 0) is 32.6 Å². The molecular weight excluding hydrogens is 593 g/mol. The summed E-state index contributed by atoms with van der Waals surface area (Å²) in [5, 5.41) is 3.85. The van der Waals surface area contributed by atoms with E-state index in [2.05, 4.69) is 5.32 Å². The van der Waals surface area contributed by atoms with Crippen molar-refractivity contribution in [3.63, 3.8) is 0 Å². The van der Waals surface area contributed by atoms with Crippen LogP contribution in [-0.4, -0.2) is 50.5 Å². The molecule has 10 heteroatoms. The first-order valence-corrected chi connectivity index (χ1v) is 16.5. The lowest BCUT2D eigenvalue weighted by Crippen LogP contribution is -2.51. The summed E-state index contributed by atoms with van der Waals surface area (Å²) in [6.07, 6.45) is 1.75. The Labute approximate surface area is 259 Å². The van der Waals surface area contributed by atoms with Crippen LogP contribution in [0.3, 0.4) is 0 Å². The number of anilines is 1. The highest BCUT2D eigenvalue weighted by Gasteiger charge is 2.31. The molecule has 7 nitrogen and oxygen atoms in total. The van der Waals surface area contributed by atoms with E-state index < -0.39 is 16.1 Å². The predicted molar refractivity (Wildman–Crippen MR) is 171 cm³/mol. The first-order chi connectivity index (χ1) is 19.8. The molecule has 226 valence electrons. The van der Waals surface area contributed by atoms with Gasteiger partial charge in [-0.05, 0) is 54.7 Å². The van der Waals surface area contributed by atoms with Crippen LogP contribution in [0, 0.1) is 12.8 Å². The molecule has 0 heterocycles. The van der Waals surface area contributed by atoms with Gasteiger partial charge in [-0.3, -0.25) is 13.9 Å². The van der Waals surface area contributed by atoms with Gasteiger partial charge < -0.3 is 10.2 Å². The van der Waals surface area contributed by atoms with Crippen LogP contribution in [0.25, 0.3) is 0 Å². The number of amides is 2. The van der Waals surface area contributed by atoms with Gasteiger partial charge in [0.2, 0.25) is 21.8 Å². The van der Waals surface area contributed by atoms with E-state index in [9.17, 15) is 18.0 Å². The summed E-state index contributed by atoms with van der Waals surface area (Å²) in [5.41, 5.74) is 3.11. The maximum absolute atomic E-state index is 13.9. The predicted octanol–water partition coefficient (Wildman–Crippen LogP) is 6.26. The quantitative estimate of drug-likeness (QED) is 0.227. The van der Waals surface area contributed by atoms with E-state index in [-0.39, 0.29) is 43.7 Å². The molecule has 0 spiro atoms. The molecule has 2 amide bonds. The average molecular weight is 633 g/mol. The Morgan fingerprint density at radius 1 is 0.952 bits per heavy atom. The number of halogens is 2. The van der Waals surface area contributed by atoms with E-state index in [0.29, 0.717) is 34.3 Å². The highest BCUT2D eigenvalue weighted by atomic mass is 35.5. The summed E-state index contributed by atoms with van der Waals surface area (Å²) in [7, 11) is -3.58. The van der Waals surface area contributed by atoms with Gasteiger partial charge in [-0.2, -0.15) is 0 Å². The topological polar surface area (TPSA) is 86.8 Å². The minimum atomic E-state index is -3.58. The number of hydrogen-bond donors (Lipinski definition) is 1. The summed E-state index contributed by atoms with van der Waals surface area (Å²) in [4.78, 5) is 29.1. The van der Waals surface area contributed by atoms with Crippen molar-refractivity contribution in [3.05, 3.63) is 99.5 Å². The summed E-state index contributed by atoms with van der Waals surface area (Å²) < 4.78 is 26.5. The Kier molecular flexibility index (Phi) is 12.3. The van der Waals surface area contributed by atoms with E-state index in [4.69, 9.17) is 23.2 Å². The van der Waals surface area contributed by atoms with Gasteiger partial charge >= 0.3 is 0 Å². The van der Waals surface area contributed by atoms with Crippen molar-refractivity contribution in [2.75, 3.05) is 23.7 Å². The summed E-state index contributed by atoms with van der Waals surface area (Å²) in [5.74, 6) is -0.313. The van der Waals surface area contributed by atoms with Crippen molar-refractivity contribution in [2.45, 2.75) is 52.6 Å². The Bertz CT molecular complexity index is 1450. The zero-order valence-electron chi connectivity index (χ0n) is 24.5. The van der Waals surface area contributed by atoms with Gasteiger partial charge in [0.25, 0.3) is 0 Å². The van der Waals surface area contributed by atoms with E-state index in [1.54, 1.807) is 35.2 Å². The standard InChI is InChI=1S/C32H39Cl2N3O4S/c1-23(2)21-35-32(39)30(19-25-9-6-5-7-10-25)36(22-26-14-15-27(33)20-29(26)34)31(38)11-8-18-37(42(4,40)41)28-16-12-24(3)13-17-28/h5-7,9-10,12-17,20,23,30H,8,11,18-19,21-22H2,1-4H3,(H,35,39). The van der Waals surface area contributed by atoms with Crippen LogP contribution in [0.5, 0.6) is 0 Å². The molecule has 0 fully saturated rings. The highest BCUT2D eigenvalue weighted by Crippen LogP contribution is 2.25. The summed E-state index contributed by atoms with van der Waals surface area (Å²) in [6, 6.07) is 21.0. The molecule has 0 bridgehead atoms. The molecule has 42 heavy (non-hydrogen) atoms. The molecule has 0 aliphatic rings. The van der Waals surface area contributed by atoms with E-state index >= 15 is 0 Å². The zero-order valence-corrected chi connectivity index (χ0v) is 26.8. The minimum absolute atomic E-state index is 0.0336. The average Bonchev–Trinajstić information content (AvgIpc) is 2.93. The van der Waals surface area contributed by atoms with Gasteiger partial charge in [0.1, 0.15) is 6.04 Å². The highest BCUT2D eigenvalue weighted by molar-refractivity contribution is 7.92. The van der Waals surface area contributed by atoms with Gasteiger partial charge in [-0.15, -0.1) is 0 Å². The maximum atomic E-state index is 13.9. The van der Waals surface area contributed by atoms with Crippen molar-refractivity contribution in [2.24, 2.45) is 5.92 Å². The third kappa shape index (κ3) is 10.0. The number of aryl methyl sites for hydroxylation is 1. The van der Waals surface area contributed by atoms with Gasteiger partial charge in [0.05, 0.1) is 11.9 Å². The lowest BCUT2D eigenvalue weighted by molar-refractivity contribution is -0.141. The maximum Gasteiger partial charge on any atom is 0.243 e. The molecule has 0 aliphatic carbocycles. The Morgan fingerprint density at radius 2 is 1.62 bits per heavy atom. The van der Waals surface area contributed by atoms with Crippen LogP contribution >= 0.6 is 23.2 Å². The number of carbonyl (C=O) groups excluding carboxylic acids is 2. The first kappa shape index (κ1) is 33.4. The number of benzene rings is 3. The van der Waals surface area contributed by atoms with Crippen LogP contribution in [0.15, 0.2) is 72.8 Å². The minimum Gasteiger partial charge on any atom is -0.354 e. The third-order valence-corrected chi connectivity index (χ3v) is 8.57. The number of rotatable bonds is 14. The fourth-order valence-electron chi connectivity index (χ4n) is 4.52. The second-order valence-corrected chi connectivity index (χ2v) is 13.6. The van der Waals surface area contributed by atoms with Crippen molar-refractivity contribution in [1.82, 2.24) is 10.2 Å². The number of hydrogen-bond acceptors (Lipinski definition) is 4. The van der Waals surface area contributed by atoms with E-state index in [0.717, 1.165) is 17.4 Å². The smallest absolute Gasteiger partial charge is 0.243 e. The second-order valence-electron chi connectivity index (χ2n) is 10.9. The third-order valence-electron chi connectivity index (χ3n) is 6.79. The van der Waals surface area contributed by atoms with E-state index in [1.807, 2.05) is 63.2 Å². The van der Waals surface area contributed by atoms with E-state index in [1.165, 1.54) is 4.31 Å². The molecular formula is C32H39Cl2N3O4S. The largest absolute Gasteiger partial charge is 0.354 e. The van der Waals surface area contributed by atoms with Gasteiger partial charge in [0.15, 0.2) is 0 Å². The van der Waals surface area contributed by atoms with Gasteiger partial charge in [-0.25, -0.2) is 8.42 Å². The molecule has 0 saturated heterocycles. The number of carbonyl (C=O) groups is 2. The van der Waals surface area contributed by atoms with Crippen molar-refractivity contribution in [3.8, 4) is 0 Å². The molecule has 0 saturated carbocycles. The molecule has 3 aromatic rings. The SMILES string of the molecule is Cc1ccc(N(CCCC(=O)N(Cc2ccc(Cl)cc2Cl)C(Cc2ccccc2)C(=O)NCC(C)C)S(C)(=O)=O)cc1. The van der Waals surface area contributed by atoms with Crippen LogP contribution in [0.2, 0.25) is 10.0 Å². The molecule has 3 aromatic carbocycles. The summed E-state index contributed by atoms with van der Waals surface area (Å²) in [6.45, 7) is 6.61. The zero-order chi connectivity index (χ0) is 30.9. The molecule has 1 atom stereocenters. The second kappa shape index (κ2) is 15.4. The lowest BCUT2D eigenvalue weighted by atomic mass is 10.0. The molecule has 3 rings (SSSR count). The van der Waals surface area contributed by atoms with Crippen molar-refractivity contribution < 1.29 is 18.0 Å². The summed E-state index contributed by atoms with van der Waals surface area (Å²) >= 11 is 12.6.